The second kappa shape index (κ2) is 3.88. The van der Waals surface area contributed by atoms with E-state index in [1.54, 1.807) is 0 Å². The van der Waals surface area contributed by atoms with E-state index in [2.05, 4.69) is 12.3 Å². The second-order valence-corrected chi connectivity index (χ2v) is 3.99. The number of hydrogen-bond donors (Lipinski definition) is 0. The monoisotopic (exact) mass is 155 g/mol. The minimum Gasteiger partial charge on any atom is -0.198 e. The summed E-state index contributed by atoms with van der Waals surface area (Å²) < 4.78 is 0. The van der Waals surface area contributed by atoms with E-state index in [0.717, 1.165) is 18.1 Å². The van der Waals surface area contributed by atoms with Crippen LogP contribution >= 0.6 is 11.8 Å². The van der Waals surface area contributed by atoms with Crippen molar-refractivity contribution in [2.24, 2.45) is 5.92 Å². The van der Waals surface area contributed by atoms with Crippen LogP contribution in [0.15, 0.2) is 0 Å². The molecule has 2 atom stereocenters. The van der Waals surface area contributed by atoms with Crippen molar-refractivity contribution in [1.29, 1.82) is 5.26 Å². The fourth-order valence-corrected chi connectivity index (χ4v) is 2.30. The van der Waals surface area contributed by atoms with Crippen molar-refractivity contribution in [3.8, 4) is 6.07 Å². The number of nitrogens with zero attached hydrogens (tertiary/aromatic N) is 1. The Balaban J connectivity index is 2.33. The molecule has 2 heteroatoms. The molecule has 0 bridgehead atoms. The maximum absolute atomic E-state index is 8.65. The van der Waals surface area contributed by atoms with Gasteiger partial charge in [-0.2, -0.15) is 17.0 Å². The topological polar surface area (TPSA) is 23.8 Å². The normalized spacial score (nSPS) is 33.2. The Bertz CT molecular complexity index is 139. The van der Waals surface area contributed by atoms with Crippen molar-refractivity contribution < 1.29 is 0 Å². The summed E-state index contributed by atoms with van der Waals surface area (Å²) in [4.78, 5) is 0. The summed E-state index contributed by atoms with van der Waals surface area (Å²) in [7, 11) is 0. The van der Waals surface area contributed by atoms with E-state index in [0.29, 0.717) is 5.92 Å². The smallest absolute Gasteiger partial charge is 0.0656 e. The van der Waals surface area contributed by atoms with Gasteiger partial charge in [-0.3, -0.25) is 0 Å². The highest BCUT2D eigenvalue weighted by Gasteiger charge is 2.20. The average molecular weight is 155 g/mol. The largest absolute Gasteiger partial charge is 0.198 e. The molecule has 0 amide bonds. The lowest BCUT2D eigenvalue weighted by Gasteiger charge is -2.22. The highest BCUT2D eigenvalue weighted by molar-refractivity contribution is 7.99. The van der Waals surface area contributed by atoms with Gasteiger partial charge in [0.05, 0.1) is 6.07 Å². The SMILES string of the molecule is CSC1CCCC(C#N)C1. The number of thioether (sulfide) groups is 1. The Hall–Kier alpha value is -0.160. The van der Waals surface area contributed by atoms with Crippen molar-refractivity contribution >= 4 is 11.8 Å². The predicted octanol–water partition coefficient (Wildman–Crippen LogP) is 2.43. The predicted molar refractivity (Wildman–Crippen MR) is 44.9 cm³/mol. The second-order valence-electron chi connectivity index (χ2n) is 2.85. The highest BCUT2D eigenvalue weighted by Crippen LogP contribution is 2.30. The number of hydrogen-bond acceptors (Lipinski definition) is 2. The van der Waals surface area contributed by atoms with Gasteiger partial charge in [-0.25, -0.2) is 0 Å². The molecule has 1 aliphatic rings. The van der Waals surface area contributed by atoms with Crippen molar-refractivity contribution in [3.63, 3.8) is 0 Å². The molecule has 56 valence electrons. The van der Waals surface area contributed by atoms with Crippen LogP contribution in [-0.2, 0) is 0 Å². The fraction of sp³-hybridized carbons (Fsp3) is 0.875. The Morgan fingerprint density at radius 1 is 1.50 bits per heavy atom. The highest BCUT2D eigenvalue weighted by atomic mass is 32.2. The van der Waals surface area contributed by atoms with Crippen LogP contribution in [0.4, 0.5) is 0 Å². The summed E-state index contributed by atoms with van der Waals surface area (Å²) in [6.45, 7) is 0. The first-order valence-electron chi connectivity index (χ1n) is 3.79. The third-order valence-electron chi connectivity index (χ3n) is 2.14. The van der Waals surface area contributed by atoms with Gasteiger partial charge in [0.1, 0.15) is 0 Å². The Morgan fingerprint density at radius 3 is 2.90 bits per heavy atom. The Morgan fingerprint density at radius 2 is 2.30 bits per heavy atom. The molecule has 0 heterocycles. The molecule has 0 spiro atoms. The molecular weight excluding hydrogens is 142 g/mol. The van der Waals surface area contributed by atoms with Crippen LogP contribution in [0.1, 0.15) is 25.7 Å². The minimum absolute atomic E-state index is 0.353. The molecule has 0 aromatic carbocycles. The summed E-state index contributed by atoms with van der Waals surface area (Å²) in [6, 6.07) is 2.35. The maximum Gasteiger partial charge on any atom is 0.0656 e. The molecule has 0 aromatic rings. The van der Waals surface area contributed by atoms with Gasteiger partial charge >= 0.3 is 0 Å². The van der Waals surface area contributed by atoms with Gasteiger partial charge in [-0.15, -0.1) is 0 Å². The van der Waals surface area contributed by atoms with Crippen molar-refractivity contribution in [1.82, 2.24) is 0 Å². The summed E-state index contributed by atoms with van der Waals surface area (Å²) in [5.74, 6) is 0.353. The van der Waals surface area contributed by atoms with Crippen LogP contribution < -0.4 is 0 Å². The van der Waals surface area contributed by atoms with E-state index < -0.39 is 0 Å². The Kier molecular flexibility index (Phi) is 3.08. The van der Waals surface area contributed by atoms with E-state index in [1.165, 1.54) is 12.8 Å². The standard InChI is InChI=1S/C8H13NS/c1-10-8-4-2-3-7(5-8)6-9/h7-8H,2-5H2,1H3. The molecule has 1 saturated carbocycles. The summed E-state index contributed by atoms with van der Waals surface area (Å²) in [5.41, 5.74) is 0. The van der Waals surface area contributed by atoms with Crippen LogP contribution in [0.3, 0.4) is 0 Å². The summed E-state index contributed by atoms with van der Waals surface area (Å²) in [5, 5.41) is 9.41. The van der Waals surface area contributed by atoms with E-state index in [9.17, 15) is 0 Å². The lowest BCUT2D eigenvalue weighted by molar-refractivity contribution is 0.437. The van der Waals surface area contributed by atoms with Gasteiger partial charge < -0.3 is 0 Å². The summed E-state index contributed by atoms with van der Waals surface area (Å²) in [6.07, 6.45) is 6.97. The van der Waals surface area contributed by atoms with Crippen LogP contribution in [0, 0.1) is 17.2 Å². The zero-order valence-electron chi connectivity index (χ0n) is 6.34. The minimum atomic E-state index is 0.353. The first kappa shape index (κ1) is 7.94. The zero-order valence-corrected chi connectivity index (χ0v) is 7.16. The molecule has 0 radical (unpaired) electrons. The van der Waals surface area contributed by atoms with Crippen molar-refractivity contribution in [3.05, 3.63) is 0 Å². The van der Waals surface area contributed by atoms with E-state index in [1.807, 2.05) is 11.8 Å². The van der Waals surface area contributed by atoms with E-state index in [-0.39, 0.29) is 0 Å². The molecule has 1 fully saturated rings. The van der Waals surface area contributed by atoms with Gasteiger partial charge in [0.2, 0.25) is 0 Å². The third-order valence-corrected chi connectivity index (χ3v) is 3.24. The molecule has 1 nitrogen and oxygen atoms in total. The molecule has 2 unspecified atom stereocenters. The van der Waals surface area contributed by atoms with Gasteiger partial charge in [0.15, 0.2) is 0 Å². The van der Waals surface area contributed by atoms with Crippen LogP contribution in [-0.4, -0.2) is 11.5 Å². The van der Waals surface area contributed by atoms with E-state index >= 15 is 0 Å². The molecule has 0 aromatic heterocycles. The van der Waals surface area contributed by atoms with Crippen LogP contribution in [0.2, 0.25) is 0 Å². The summed E-state index contributed by atoms with van der Waals surface area (Å²) >= 11 is 1.91. The first-order valence-corrected chi connectivity index (χ1v) is 5.08. The molecule has 0 N–H and O–H groups in total. The molecule has 1 rings (SSSR count). The average Bonchev–Trinajstić information content (AvgIpc) is 2.05. The van der Waals surface area contributed by atoms with Gasteiger partial charge in [-0.05, 0) is 25.5 Å². The van der Waals surface area contributed by atoms with Gasteiger partial charge in [0.25, 0.3) is 0 Å². The molecule has 10 heavy (non-hydrogen) atoms. The van der Waals surface area contributed by atoms with E-state index in [4.69, 9.17) is 5.26 Å². The van der Waals surface area contributed by atoms with Gasteiger partial charge in [-0.1, -0.05) is 6.42 Å². The zero-order chi connectivity index (χ0) is 7.40. The molecule has 0 aliphatic heterocycles. The quantitative estimate of drug-likeness (QED) is 0.580. The third kappa shape index (κ3) is 1.91. The first-order chi connectivity index (χ1) is 4.86. The Labute approximate surface area is 66.8 Å². The number of nitriles is 1. The fourth-order valence-electron chi connectivity index (χ4n) is 1.48. The van der Waals surface area contributed by atoms with Crippen LogP contribution in [0.25, 0.3) is 0 Å². The van der Waals surface area contributed by atoms with Crippen LogP contribution in [0.5, 0.6) is 0 Å². The number of rotatable bonds is 1. The molecule has 0 saturated heterocycles. The molecular formula is C8H13NS. The van der Waals surface area contributed by atoms with Gasteiger partial charge in [0, 0.05) is 11.2 Å². The lowest BCUT2D eigenvalue weighted by Crippen LogP contribution is -2.15. The van der Waals surface area contributed by atoms with Crippen molar-refractivity contribution in [2.45, 2.75) is 30.9 Å². The maximum atomic E-state index is 8.65. The van der Waals surface area contributed by atoms with Crippen molar-refractivity contribution in [2.75, 3.05) is 6.26 Å². The lowest BCUT2D eigenvalue weighted by atomic mass is 9.90. The molecule has 1 aliphatic carbocycles.